The van der Waals surface area contributed by atoms with E-state index in [-0.39, 0.29) is 17.4 Å². The third kappa shape index (κ3) is 3.55. The third-order valence-corrected chi connectivity index (χ3v) is 3.18. The van der Waals surface area contributed by atoms with E-state index in [0.29, 0.717) is 23.1 Å². The third-order valence-electron chi connectivity index (χ3n) is 3.18. The van der Waals surface area contributed by atoms with Gasteiger partial charge >= 0.3 is 5.97 Å². The molecule has 108 valence electrons. The fourth-order valence-corrected chi connectivity index (χ4v) is 2.22. The summed E-state index contributed by atoms with van der Waals surface area (Å²) in [7, 11) is 0. The summed E-state index contributed by atoms with van der Waals surface area (Å²) >= 11 is 0. The summed E-state index contributed by atoms with van der Waals surface area (Å²) in [5, 5.41) is 9.20. The van der Waals surface area contributed by atoms with Gasteiger partial charge in [0.15, 0.2) is 5.78 Å². The zero-order valence-corrected chi connectivity index (χ0v) is 11.7. The van der Waals surface area contributed by atoms with Crippen molar-refractivity contribution >= 4 is 11.8 Å². The van der Waals surface area contributed by atoms with Gasteiger partial charge < -0.3 is 10.8 Å². The molecule has 2 rings (SSSR count). The number of rotatable bonds is 5. The van der Waals surface area contributed by atoms with E-state index in [1.165, 1.54) is 6.07 Å². The molecule has 0 heterocycles. The molecule has 0 radical (unpaired) electrons. The number of carboxylic acids is 1. The first-order valence-electron chi connectivity index (χ1n) is 6.70. The van der Waals surface area contributed by atoms with Crippen molar-refractivity contribution in [1.29, 1.82) is 0 Å². The van der Waals surface area contributed by atoms with Crippen molar-refractivity contribution in [2.24, 2.45) is 5.73 Å². The number of carbonyl (C=O) groups excluding carboxylic acids is 1. The van der Waals surface area contributed by atoms with E-state index in [1.54, 1.807) is 43.3 Å². The van der Waals surface area contributed by atoms with Gasteiger partial charge in [0.25, 0.3) is 0 Å². The van der Waals surface area contributed by atoms with Gasteiger partial charge in [0.05, 0.1) is 5.56 Å². The molecule has 2 aromatic rings. The summed E-state index contributed by atoms with van der Waals surface area (Å²) in [6, 6.07) is 13.4. The minimum Gasteiger partial charge on any atom is -0.478 e. The minimum atomic E-state index is -1.01. The summed E-state index contributed by atoms with van der Waals surface area (Å²) in [5.41, 5.74) is 7.58. The molecular weight excluding hydrogens is 266 g/mol. The second-order valence-corrected chi connectivity index (χ2v) is 5.05. The number of carbonyl (C=O) groups is 2. The number of aromatic carboxylic acids is 1. The van der Waals surface area contributed by atoms with Crippen molar-refractivity contribution in [1.82, 2.24) is 0 Å². The SMILES string of the molecule is CC(N)Cc1cc(C(=O)c2ccccc2)ccc1C(=O)O. The standard InChI is InChI=1S/C17H17NO3/c1-11(18)9-14-10-13(7-8-15(14)17(20)21)16(19)12-5-3-2-4-6-12/h2-8,10-11H,9,18H2,1H3,(H,20,21). The number of hydrogen-bond donors (Lipinski definition) is 2. The van der Waals surface area contributed by atoms with Crippen molar-refractivity contribution in [3.8, 4) is 0 Å². The summed E-state index contributed by atoms with van der Waals surface area (Å²) in [6.45, 7) is 1.80. The average Bonchev–Trinajstić information content (AvgIpc) is 2.46. The smallest absolute Gasteiger partial charge is 0.335 e. The molecule has 1 unspecified atom stereocenters. The number of ketones is 1. The van der Waals surface area contributed by atoms with Gasteiger partial charge in [-0.25, -0.2) is 4.79 Å². The minimum absolute atomic E-state index is 0.126. The van der Waals surface area contributed by atoms with Crippen LogP contribution in [0.2, 0.25) is 0 Å². The summed E-state index contributed by atoms with van der Waals surface area (Å²) in [4.78, 5) is 23.6. The fraction of sp³-hybridized carbons (Fsp3) is 0.176. The highest BCUT2D eigenvalue weighted by atomic mass is 16.4. The molecule has 4 nitrogen and oxygen atoms in total. The molecule has 0 aromatic heterocycles. The molecule has 4 heteroatoms. The molecule has 2 aromatic carbocycles. The van der Waals surface area contributed by atoms with E-state index >= 15 is 0 Å². The van der Waals surface area contributed by atoms with Crippen LogP contribution in [0.25, 0.3) is 0 Å². The molecule has 0 aliphatic heterocycles. The van der Waals surface area contributed by atoms with Crippen molar-refractivity contribution < 1.29 is 14.7 Å². The van der Waals surface area contributed by atoms with E-state index in [0.717, 1.165) is 0 Å². The van der Waals surface area contributed by atoms with Crippen LogP contribution in [0.5, 0.6) is 0 Å². The second-order valence-electron chi connectivity index (χ2n) is 5.05. The van der Waals surface area contributed by atoms with Crippen LogP contribution < -0.4 is 5.73 Å². The molecule has 0 spiro atoms. The lowest BCUT2D eigenvalue weighted by atomic mass is 9.95. The molecule has 0 saturated carbocycles. The summed E-state index contributed by atoms with van der Waals surface area (Å²) in [6.07, 6.45) is 0.414. The predicted octanol–water partition coefficient (Wildman–Crippen LogP) is 2.51. The zero-order chi connectivity index (χ0) is 15.4. The van der Waals surface area contributed by atoms with Gasteiger partial charge in [0.1, 0.15) is 0 Å². The number of nitrogens with two attached hydrogens (primary N) is 1. The average molecular weight is 283 g/mol. The Hall–Kier alpha value is -2.46. The number of hydrogen-bond acceptors (Lipinski definition) is 3. The van der Waals surface area contributed by atoms with E-state index < -0.39 is 5.97 Å². The molecule has 0 saturated heterocycles. The van der Waals surface area contributed by atoms with Crippen molar-refractivity contribution in [2.45, 2.75) is 19.4 Å². The summed E-state index contributed by atoms with van der Waals surface area (Å²) in [5.74, 6) is -1.14. The second kappa shape index (κ2) is 6.33. The molecule has 1 atom stereocenters. The first-order chi connectivity index (χ1) is 9.99. The van der Waals surface area contributed by atoms with Crippen LogP contribution in [0.4, 0.5) is 0 Å². The highest BCUT2D eigenvalue weighted by Crippen LogP contribution is 2.17. The zero-order valence-electron chi connectivity index (χ0n) is 11.7. The molecule has 3 N–H and O–H groups in total. The maximum absolute atomic E-state index is 12.4. The van der Waals surface area contributed by atoms with Crippen LogP contribution in [-0.2, 0) is 6.42 Å². The van der Waals surface area contributed by atoms with E-state index in [4.69, 9.17) is 5.73 Å². The van der Waals surface area contributed by atoms with Gasteiger partial charge in [-0.05, 0) is 31.0 Å². The molecule has 21 heavy (non-hydrogen) atoms. The summed E-state index contributed by atoms with van der Waals surface area (Å²) < 4.78 is 0. The molecule has 0 amide bonds. The number of carboxylic acid groups (broad SMARTS) is 1. The topological polar surface area (TPSA) is 80.4 Å². The Labute approximate surface area is 123 Å². The first kappa shape index (κ1) is 14.9. The van der Waals surface area contributed by atoms with E-state index in [9.17, 15) is 14.7 Å². The highest BCUT2D eigenvalue weighted by molar-refractivity contribution is 6.09. The largest absolute Gasteiger partial charge is 0.478 e. The maximum atomic E-state index is 12.4. The predicted molar refractivity (Wildman–Crippen MR) is 80.6 cm³/mol. The normalized spacial score (nSPS) is 11.9. The van der Waals surface area contributed by atoms with Crippen LogP contribution >= 0.6 is 0 Å². The van der Waals surface area contributed by atoms with Crippen LogP contribution in [-0.4, -0.2) is 22.9 Å². The Bertz CT molecular complexity index is 663. The van der Waals surface area contributed by atoms with Crippen LogP contribution in [0, 0.1) is 0 Å². The van der Waals surface area contributed by atoms with Crippen molar-refractivity contribution in [2.75, 3.05) is 0 Å². The Morgan fingerprint density at radius 2 is 1.76 bits per heavy atom. The van der Waals surface area contributed by atoms with Gasteiger partial charge in [0, 0.05) is 17.2 Å². The van der Waals surface area contributed by atoms with Crippen LogP contribution in [0.15, 0.2) is 48.5 Å². The molecule has 0 aliphatic rings. The first-order valence-corrected chi connectivity index (χ1v) is 6.70. The monoisotopic (exact) mass is 283 g/mol. The van der Waals surface area contributed by atoms with Gasteiger partial charge in [-0.3, -0.25) is 4.79 Å². The molecule has 0 fully saturated rings. The quantitative estimate of drug-likeness (QED) is 0.826. The van der Waals surface area contributed by atoms with Crippen molar-refractivity contribution in [3.05, 3.63) is 70.8 Å². The Morgan fingerprint density at radius 1 is 1.10 bits per heavy atom. The van der Waals surface area contributed by atoms with Crippen LogP contribution in [0.1, 0.15) is 38.8 Å². The number of benzene rings is 2. The molecule has 0 bridgehead atoms. The van der Waals surface area contributed by atoms with Gasteiger partial charge in [0.2, 0.25) is 0 Å². The van der Waals surface area contributed by atoms with Gasteiger partial charge in [-0.15, -0.1) is 0 Å². The highest BCUT2D eigenvalue weighted by Gasteiger charge is 2.15. The van der Waals surface area contributed by atoms with Gasteiger partial charge in [-0.1, -0.05) is 36.4 Å². The lowest BCUT2D eigenvalue weighted by molar-refractivity contribution is 0.0695. The van der Waals surface area contributed by atoms with E-state index in [2.05, 4.69) is 0 Å². The molecule has 0 aliphatic carbocycles. The lowest BCUT2D eigenvalue weighted by Crippen LogP contribution is -2.20. The molecular formula is C17H17NO3. The Kier molecular flexibility index (Phi) is 4.50. The van der Waals surface area contributed by atoms with Crippen molar-refractivity contribution in [3.63, 3.8) is 0 Å². The Morgan fingerprint density at radius 3 is 2.33 bits per heavy atom. The van der Waals surface area contributed by atoms with Crippen LogP contribution in [0.3, 0.4) is 0 Å². The lowest BCUT2D eigenvalue weighted by Gasteiger charge is -2.11. The van der Waals surface area contributed by atoms with E-state index in [1.807, 2.05) is 6.07 Å². The fourth-order valence-electron chi connectivity index (χ4n) is 2.22. The maximum Gasteiger partial charge on any atom is 0.335 e. The Balaban J connectivity index is 2.42. The van der Waals surface area contributed by atoms with Gasteiger partial charge in [-0.2, -0.15) is 0 Å².